The van der Waals surface area contributed by atoms with E-state index in [1.807, 2.05) is 18.3 Å². The van der Waals surface area contributed by atoms with E-state index in [1.54, 1.807) is 36.4 Å². The van der Waals surface area contributed by atoms with Gasteiger partial charge in [-0.15, -0.1) is 0 Å². The lowest BCUT2D eigenvalue weighted by Gasteiger charge is -2.32. The number of nitrogens with zero attached hydrogens (tertiary/aromatic N) is 2. The molecule has 2 aromatic carbocycles. The van der Waals surface area contributed by atoms with Crippen LogP contribution in [-0.2, 0) is 9.53 Å². The molecule has 27 heavy (non-hydrogen) atoms. The molecule has 0 bridgehead atoms. The number of ether oxygens (including phenoxy) is 2. The van der Waals surface area contributed by atoms with E-state index in [0.29, 0.717) is 54.4 Å². The van der Waals surface area contributed by atoms with Gasteiger partial charge in [0.1, 0.15) is 5.75 Å². The number of para-hydroxylation sites is 2. The van der Waals surface area contributed by atoms with E-state index in [-0.39, 0.29) is 11.8 Å². The van der Waals surface area contributed by atoms with Crippen LogP contribution in [0.25, 0.3) is 5.57 Å². The van der Waals surface area contributed by atoms with E-state index in [2.05, 4.69) is 4.90 Å². The maximum atomic E-state index is 13.4. The first-order chi connectivity index (χ1) is 13.2. The van der Waals surface area contributed by atoms with Crippen LogP contribution in [0.5, 0.6) is 5.75 Å². The van der Waals surface area contributed by atoms with Crippen LogP contribution in [-0.4, -0.2) is 50.1 Å². The number of amides is 2. The van der Waals surface area contributed by atoms with Crippen LogP contribution in [0.2, 0.25) is 0 Å². The van der Waals surface area contributed by atoms with E-state index in [4.69, 9.17) is 9.47 Å². The van der Waals surface area contributed by atoms with E-state index < -0.39 is 0 Å². The fourth-order valence-corrected chi connectivity index (χ4v) is 3.40. The lowest BCUT2D eigenvalue weighted by atomic mass is 9.93. The largest absolute Gasteiger partial charge is 0.495 e. The fourth-order valence-electron chi connectivity index (χ4n) is 3.40. The molecule has 0 N–H and O–H groups in total. The van der Waals surface area contributed by atoms with Gasteiger partial charge in [0.2, 0.25) is 0 Å². The van der Waals surface area contributed by atoms with Gasteiger partial charge in [-0.3, -0.25) is 9.59 Å². The molecule has 0 unspecified atom stereocenters. The number of imide groups is 1. The van der Waals surface area contributed by atoms with Gasteiger partial charge in [-0.25, -0.2) is 4.90 Å². The van der Waals surface area contributed by atoms with Crippen molar-refractivity contribution in [2.45, 2.75) is 0 Å². The third kappa shape index (κ3) is 3.08. The van der Waals surface area contributed by atoms with Gasteiger partial charge in [-0.05, 0) is 18.2 Å². The predicted molar refractivity (Wildman–Crippen MR) is 102 cm³/mol. The van der Waals surface area contributed by atoms with Crippen LogP contribution in [0, 0.1) is 0 Å². The predicted octanol–water partition coefficient (Wildman–Crippen LogP) is 2.56. The van der Waals surface area contributed by atoms with E-state index in [0.717, 1.165) is 0 Å². The number of hydrogen-bond acceptors (Lipinski definition) is 5. The molecule has 0 spiro atoms. The molecule has 2 aliphatic heterocycles. The molecule has 2 amide bonds. The molecule has 4 rings (SSSR count). The Balaban J connectivity index is 1.84. The number of rotatable bonds is 3. The summed E-state index contributed by atoms with van der Waals surface area (Å²) in [6.45, 7) is 2.66. The van der Waals surface area contributed by atoms with Crippen molar-refractivity contribution in [3.63, 3.8) is 0 Å². The van der Waals surface area contributed by atoms with Crippen molar-refractivity contribution in [3.8, 4) is 5.75 Å². The van der Waals surface area contributed by atoms with Crippen molar-refractivity contribution < 1.29 is 19.1 Å². The van der Waals surface area contributed by atoms with Crippen LogP contribution >= 0.6 is 0 Å². The number of carbonyl (C=O) groups excluding carboxylic acids is 2. The molecule has 2 aromatic rings. The van der Waals surface area contributed by atoms with Crippen LogP contribution in [0.15, 0.2) is 54.7 Å². The first-order valence-corrected chi connectivity index (χ1v) is 8.85. The highest BCUT2D eigenvalue weighted by atomic mass is 16.5. The number of fused-ring (bicyclic) bond motifs is 1. The summed E-state index contributed by atoms with van der Waals surface area (Å²) in [4.78, 5) is 29.7. The summed E-state index contributed by atoms with van der Waals surface area (Å²) in [5, 5.41) is 0. The Labute approximate surface area is 157 Å². The Morgan fingerprint density at radius 2 is 1.59 bits per heavy atom. The topological polar surface area (TPSA) is 59.1 Å². The lowest BCUT2D eigenvalue weighted by Crippen LogP contribution is -2.43. The molecule has 6 nitrogen and oxygen atoms in total. The number of benzene rings is 2. The third-order valence-electron chi connectivity index (χ3n) is 4.77. The number of hydrogen-bond donors (Lipinski definition) is 0. The average molecular weight is 364 g/mol. The van der Waals surface area contributed by atoms with Gasteiger partial charge in [0.05, 0.1) is 31.6 Å². The Morgan fingerprint density at radius 1 is 0.926 bits per heavy atom. The van der Waals surface area contributed by atoms with Crippen LogP contribution in [0.1, 0.15) is 15.9 Å². The maximum Gasteiger partial charge on any atom is 0.267 e. The van der Waals surface area contributed by atoms with Crippen LogP contribution in [0.3, 0.4) is 0 Å². The molecule has 0 aromatic heterocycles. The Kier molecular flexibility index (Phi) is 4.64. The molecule has 2 heterocycles. The van der Waals surface area contributed by atoms with Crippen molar-refractivity contribution in [3.05, 3.63) is 65.9 Å². The van der Waals surface area contributed by atoms with Gasteiger partial charge < -0.3 is 14.4 Å². The first-order valence-electron chi connectivity index (χ1n) is 8.85. The molecule has 1 saturated heterocycles. The normalized spacial score (nSPS) is 18.6. The minimum atomic E-state index is -0.352. The minimum absolute atomic E-state index is 0.348. The zero-order valence-electron chi connectivity index (χ0n) is 15.1. The second-order valence-electron chi connectivity index (χ2n) is 6.35. The summed E-state index contributed by atoms with van der Waals surface area (Å²) < 4.78 is 10.8. The van der Waals surface area contributed by atoms with Crippen molar-refractivity contribution in [2.75, 3.05) is 38.3 Å². The first kappa shape index (κ1) is 17.3. The molecule has 0 radical (unpaired) electrons. The molecule has 1 fully saturated rings. The second-order valence-corrected chi connectivity index (χ2v) is 6.35. The van der Waals surface area contributed by atoms with E-state index in [1.165, 1.54) is 12.0 Å². The highest BCUT2D eigenvalue weighted by molar-refractivity contribution is 6.41. The summed E-state index contributed by atoms with van der Waals surface area (Å²) in [5.41, 5.74) is 2.10. The third-order valence-corrected chi connectivity index (χ3v) is 4.77. The minimum Gasteiger partial charge on any atom is -0.495 e. The Morgan fingerprint density at radius 3 is 2.33 bits per heavy atom. The molecule has 2 aliphatic rings. The average Bonchev–Trinajstić information content (AvgIpc) is 2.72. The standard InChI is InChI=1S/C21H20N2O4/c1-26-19-9-5-4-8-18(19)23-20(24)16-7-3-2-6-15(16)17(21(23)25)14-22-10-12-27-13-11-22/h2-9,14H,10-13H2,1H3. The van der Waals surface area contributed by atoms with Crippen LogP contribution < -0.4 is 9.64 Å². The molecular weight excluding hydrogens is 344 g/mol. The number of carbonyl (C=O) groups is 2. The fraction of sp³-hybridized carbons (Fsp3) is 0.238. The second kappa shape index (κ2) is 7.25. The highest BCUT2D eigenvalue weighted by Gasteiger charge is 2.37. The van der Waals surface area contributed by atoms with Crippen molar-refractivity contribution >= 4 is 23.1 Å². The van der Waals surface area contributed by atoms with Gasteiger partial charge in [0, 0.05) is 30.4 Å². The summed E-state index contributed by atoms with van der Waals surface area (Å²) in [7, 11) is 1.52. The van der Waals surface area contributed by atoms with E-state index in [9.17, 15) is 9.59 Å². The van der Waals surface area contributed by atoms with Gasteiger partial charge in [0.15, 0.2) is 0 Å². The zero-order valence-corrected chi connectivity index (χ0v) is 15.1. The zero-order chi connectivity index (χ0) is 18.8. The smallest absolute Gasteiger partial charge is 0.267 e. The van der Waals surface area contributed by atoms with Crippen molar-refractivity contribution in [1.29, 1.82) is 0 Å². The highest BCUT2D eigenvalue weighted by Crippen LogP contribution is 2.36. The molecule has 0 aliphatic carbocycles. The molecular formula is C21H20N2O4. The molecule has 6 heteroatoms. The SMILES string of the molecule is COc1ccccc1N1C(=O)C(=CN2CCOCC2)c2ccccc2C1=O. The summed E-state index contributed by atoms with van der Waals surface area (Å²) in [5.74, 6) is -0.224. The Hall–Kier alpha value is -3.12. The van der Waals surface area contributed by atoms with Gasteiger partial charge >= 0.3 is 0 Å². The maximum absolute atomic E-state index is 13.4. The monoisotopic (exact) mass is 364 g/mol. The van der Waals surface area contributed by atoms with E-state index >= 15 is 0 Å². The summed E-state index contributed by atoms with van der Waals surface area (Å²) in [6.07, 6.45) is 1.85. The van der Waals surface area contributed by atoms with Gasteiger partial charge in [0.25, 0.3) is 11.8 Å². The quantitative estimate of drug-likeness (QED) is 0.619. The lowest BCUT2D eigenvalue weighted by molar-refractivity contribution is -0.113. The van der Waals surface area contributed by atoms with Gasteiger partial charge in [-0.2, -0.15) is 0 Å². The molecule has 0 saturated carbocycles. The number of morpholine rings is 1. The Bertz CT molecular complexity index is 916. The number of methoxy groups -OCH3 is 1. The summed E-state index contributed by atoms with van der Waals surface area (Å²) >= 11 is 0. The molecule has 0 atom stereocenters. The van der Waals surface area contributed by atoms with Crippen molar-refractivity contribution in [1.82, 2.24) is 4.90 Å². The van der Waals surface area contributed by atoms with Gasteiger partial charge in [-0.1, -0.05) is 30.3 Å². The van der Waals surface area contributed by atoms with Crippen molar-refractivity contribution in [2.24, 2.45) is 0 Å². The molecule has 138 valence electrons. The summed E-state index contributed by atoms with van der Waals surface area (Å²) in [6, 6.07) is 14.3. The number of anilines is 1. The van der Waals surface area contributed by atoms with Crippen LogP contribution in [0.4, 0.5) is 5.69 Å².